The zero-order chi connectivity index (χ0) is 18.6. The molecule has 0 amide bonds. The van der Waals surface area contributed by atoms with E-state index in [2.05, 4.69) is 20.8 Å². The Morgan fingerprint density at radius 3 is 2.44 bits per heavy atom. The second kappa shape index (κ2) is 6.20. The minimum atomic E-state index is -0.574. The van der Waals surface area contributed by atoms with Crippen LogP contribution >= 0.6 is 0 Å². The van der Waals surface area contributed by atoms with Gasteiger partial charge in [-0.25, -0.2) is 0 Å². The Hall–Kier alpha value is -0.670. The first kappa shape index (κ1) is 19.1. The molecule has 0 radical (unpaired) electrons. The zero-order valence-corrected chi connectivity index (χ0v) is 16.8. The molecular formula is C22H36O3. The zero-order valence-electron chi connectivity index (χ0n) is 16.8. The summed E-state index contributed by atoms with van der Waals surface area (Å²) >= 11 is 0. The Labute approximate surface area is 153 Å². The second-order valence-corrected chi connectivity index (χ2v) is 9.55. The third-order valence-corrected chi connectivity index (χ3v) is 8.65. The van der Waals surface area contributed by atoms with Gasteiger partial charge in [0.15, 0.2) is 0 Å². The molecule has 8 atom stereocenters. The number of aliphatic hydroxyl groups is 1. The molecule has 1 N–H and O–H groups in total. The average Bonchev–Trinajstić information content (AvgIpc) is 2.97. The fraction of sp³-hybridized carbons (Fsp3) is 0.864. The van der Waals surface area contributed by atoms with Gasteiger partial charge in [0.05, 0.1) is 12.2 Å². The minimum Gasteiger partial charge on any atom is -0.392 e. The Bertz CT molecular complexity index is 570. The minimum absolute atomic E-state index is 0.0122. The van der Waals surface area contributed by atoms with Gasteiger partial charge in [0.25, 0.3) is 0 Å². The number of aliphatic hydroxyl groups excluding tert-OH is 1. The van der Waals surface area contributed by atoms with Crippen LogP contribution in [0, 0.1) is 34.0 Å². The van der Waals surface area contributed by atoms with Gasteiger partial charge in [-0.15, -0.1) is 0 Å². The number of methoxy groups -OCH3 is 1. The summed E-state index contributed by atoms with van der Waals surface area (Å²) < 4.78 is 5.92. The van der Waals surface area contributed by atoms with E-state index in [0.29, 0.717) is 18.1 Å². The summed E-state index contributed by atoms with van der Waals surface area (Å²) in [6.07, 6.45) is 8.42. The SMILES string of the molecule is CC=C[C@]1(C)C[C@@H](O)[C@@]2(C)C3[C@H](OC)CCC3(CC[C@H]2C)[C@@H](C)C1=O. The maximum atomic E-state index is 13.6. The fourth-order valence-electron chi connectivity index (χ4n) is 6.99. The highest BCUT2D eigenvalue weighted by Crippen LogP contribution is 2.68. The van der Waals surface area contributed by atoms with Crippen LogP contribution in [0.1, 0.15) is 66.7 Å². The average molecular weight is 349 g/mol. The highest BCUT2D eigenvalue weighted by atomic mass is 16.5. The van der Waals surface area contributed by atoms with E-state index in [9.17, 15) is 9.90 Å². The van der Waals surface area contributed by atoms with E-state index in [1.165, 1.54) is 0 Å². The van der Waals surface area contributed by atoms with Gasteiger partial charge >= 0.3 is 0 Å². The monoisotopic (exact) mass is 348 g/mol. The number of Topliss-reactive ketones (excluding diaryl/α,β-unsaturated/α-hetero) is 1. The lowest BCUT2D eigenvalue weighted by Crippen LogP contribution is -2.62. The number of carbonyl (C=O) groups excluding carboxylic acids is 1. The molecule has 3 nitrogen and oxygen atoms in total. The molecule has 0 aromatic heterocycles. The Morgan fingerprint density at radius 1 is 1.20 bits per heavy atom. The molecule has 2 unspecified atom stereocenters. The molecule has 0 spiro atoms. The van der Waals surface area contributed by atoms with Crippen molar-refractivity contribution >= 4 is 5.78 Å². The smallest absolute Gasteiger partial charge is 0.145 e. The lowest BCUT2D eigenvalue weighted by Gasteiger charge is -2.61. The molecule has 25 heavy (non-hydrogen) atoms. The summed E-state index contributed by atoms with van der Waals surface area (Å²) in [5.41, 5.74) is -0.800. The summed E-state index contributed by atoms with van der Waals surface area (Å²) in [7, 11) is 1.80. The second-order valence-electron chi connectivity index (χ2n) is 9.55. The number of hydrogen-bond donors (Lipinski definition) is 1. The van der Waals surface area contributed by atoms with E-state index in [0.717, 1.165) is 25.7 Å². The number of carbonyl (C=O) groups is 1. The first-order chi connectivity index (χ1) is 11.7. The predicted molar refractivity (Wildman–Crippen MR) is 100 cm³/mol. The molecule has 3 aliphatic rings. The molecule has 3 rings (SSSR count). The van der Waals surface area contributed by atoms with Gasteiger partial charge in [0, 0.05) is 23.9 Å². The number of hydrogen-bond acceptors (Lipinski definition) is 3. The van der Waals surface area contributed by atoms with Crippen LogP contribution in [-0.2, 0) is 9.53 Å². The van der Waals surface area contributed by atoms with E-state index >= 15 is 0 Å². The van der Waals surface area contributed by atoms with Crippen LogP contribution in [0.15, 0.2) is 12.2 Å². The maximum Gasteiger partial charge on any atom is 0.145 e. The highest BCUT2D eigenvalue weighted by Gasteiger charge is 2.67. The van der Waals surface area contributed by atoms with Gasteiger partial charge in [-0.1, -0.05) is 32.9 Å². The molecule has 3 heteroatoms. The summed E-state index contributed by atoms with van der Waals surface area (Å²) in [5, 5.41) is 11.4. The number of ketones is 1. The molecule has 0 saturated heterocycles. The highest BCUT2D eigenvalue weighted by molar-refractivity contribution is 5.89. The topological polar surface area (TPSA) is 46.5 Å². The van der Waals surface area contributed by atoms with Crippen LogP contribution < -0.4 is 0 Å². The van der Waals surface area contributed by atoms with Gasteiger partial charge in [-0.05, 0) is 63.2 Å². The van der Waals surface area contributed by atoms with Crippen LogP contribution in [0.3, 0.4) is 0 Å². The Kier molecular flexibility index (Phi) is 4.73. The summed E-state index contributed by atoms with van der Waals surface area (Å²) in [4.78, 5) is 13.6. The largest absolute Gasteiger partial charge is 0.392 e. The molecule has 3 aliphatic carbocycles. The van der Waals surface area contributed by atoms with Gasteiger partial charge in [-0.2, -0.15) is 0 Å². The van der Waals surface area contributed by atoms with Crippen molar-refractivity contribution < 1.29 is 14.6 Å². The first-order valence-electron chi connectivity index (χ1n) is 10.1. The first-order valence-corrected chi connectivity index (χ1v) is 10.1. The Balaban J connectivity index is 2.20. The number of allylic oxidation sites excluding steroid dienone is 2. The molecule has 142 valence electrons. The van der Waals surface area contributed by atoms with Crippen molar-refractivity contribution in [2.75, 3.05) is 7.11 Å². The Morgan fingerprint density at radius 2 is 1.84 bits per heavy atom. The van der Waals surface area contributed by atoms with Crippen molar-refractivity contribution in [1.29, 1.82) is 0 Å². The molecule has 0 aromatic rings. The van der Waals surface area contributed by atoms with Gasteiger partial charge < -0.3 is 9.84 Å². The van der Waals surface area contributed by atoms with Crippen LogP contribution in [0.5, 0.6) is 0 Å². The summed E-state index contributed by atoms with van der Waals surface area (Å²) in [5.74, 6) is 1.02. The van der Waals surface area contributed by atoms with Crippen molar-refractivity contribution in [3.05, 3.63) is 12.2 Å². The van der Waals surface area contributed by atoms with E-state index in [1.54, 1.807) is 7.11 Å². The van der Waals surface area contributed by atoms with Gasteiger partial charge in [0.2, 0.25) is 0 Å². The van der Waals surface area contributed by atoms with Crippen LogP contribution in [-0.4, -0.2) is 30.2 Å². The van der Waals surface area contributed by atoms with Crippen molar-refractivity contribution in [2.45, 2.75) is 78.9 Å². The van der Waals surface area contributed by atoms with Crippen molar-refractivity contribution in [3.63, 3.8) is 0 Å². The van der Waals surface area contributed by atoms with E-state index in [1.807, 2.05) is 26.0 Å². The molecule has 0 aromatic carbocycles. The molecule has 3 fully saturated rings. The molecular weight excluding hydrogens is 312 g/mol. The van der Waals surface area contributed by atoms with Gasteiger partial charge in [-0.3, -0.25) is 4.79 Å². The molecule has 2 bridgehead atoms. The molecule has 3 saturated carbocycles. The fourth-order valence-corrected chi connectivity index (χ4v) is 6.99. The quantitative estimate of drug-likeness (QED) is 0.753. The lowest BCUT2D eigenvalue weighted by atomic mass is 9.44. The normalized spacial score (nSPS) is 53.6. The summed E-state index contributed by atoms with van der Waals surface area (Å²) in [6, 6.07) is 0. The third-order valence-electron chi connectivity index (χ3n) is 8.65. The molecule has 0 heterocycles. The van der Waals surface area contributed by atoms with Gasteiger partial charge in [0.1, 0.15) is 5.78 Å². The van der Waals surface area contributed by atoms with Crippen LogP contribution in [0.25, 0.3) is 0 Å². The van der Waals surface area contributed by atoms with E-state index in [-0.39, 0.29) is 28.8 Å². The van der Waals surface area contributed by atoms with Crippen molar-refractivity contribution in [1.82, 2.24) is 0 Å². The maximum absolute atomic E-state index is 13.6. The lowest BCUT2D eigenvalue weighted by molar-refractivity contribution is -0.188. The van der Waals surface area contributed by atoms with Crippen molar-refractivity contribution in [2.24, 2.45) is 34.0 Å². The number of rotatable bonds is 2. The van der Waals surface area contributed by atoms with Crippen LogP contribution in [0.4, 0.5) is 0 Å². The predicted octanol–water partition coefficient (Wildman–Crippen LogP) is 4.39. The van der Waals surface area contributed by atoms with Crippen LogP contribution in [0.2, 0.25) is 0 Å². The van der Waals surface area contributed by atoms with Crippen molar-refractivity contribution in [3.8, 4) is 0 Å². The molecule has 0 aliphatic heterocycles. The summed E-state index contributed by atoms with van der Waals surface area (Å²) in [6.45, 7) is 10.7. The standard InChI is InChI=1S/C22H36O3/c1-7-10-20(4)13-17(23)21(5)14(2)8-11-22(15(3)19(20)24)12-9-16(25-6)18(21)22/h7,10,14-18,23H,8-9,11-13H2,1-6H3/t14-,15+,16-,17-,18?,20-,21+,22?/m1/s1. The third kappa shape index (κ3) is 2.41. The van der Waals surface area contributed by atoms with E-state index in [4.69, 9.17) is 4.74 Å². The number of ether oxygens (including phenoxy) is 1. The van der Waals surface area contributed by atoms with E-state index < -0.39 is 11.5 Å².